The van der Waals surface area contributed by atoms with Crippen LogP contribution in [0.4, 0.5) is 0 Å². The predicted molar refractivity (Wildman–Crippen MR) is 198 cm³/mol. The van der Waals surface area contributed by atoms with Crippen molar-refractivity contribution in [3.8, 4) is 0 Å². The van der Waals surface area contributed by atoms with Crippen LogP contribution in [-0.4, -0.2) is 91.4 Å². The average molecular weight is 708 g/mol. The van der Waals surface area contributed by atoms with E-state index in [9.17, 15) is 18.1 Å². The van der Waals surface area contributed by atoms with Crippen LogP contribution >= 0.6 is 0 Å². The highest BCUT2D eigenvalue weighted by atomic mass is 32.3. The van der Waals surface area contributed by atoms with E-state index >= 15 is 0 Å². The van der Waals surface area contributed by atoms with E-state index in [1.807, 2.05) is 13.8 Å². The van der Waals surface area contributed by atoms with Gasteiger partial charge in [0.2, 0.25) is 0 Å². The van der Waals surface area contributed by atoms with Crippen molar-refractivity contribution >= 4 is 10.4 Å². The summed E-state index contributed by atoms with van der Waals surface area (Å²) in [5.74, 6) is 3.26. The SMILES string of the molecule is CC(C)[C@@H](CC[C@H](C)C1CCC2C3C(CC[C@@]21C)[C@@]1(C)CC[C@H](NCCCN2CCC(N4CCCCC4)CC2)CC1C[C@@H]3O)OS(=O)(=O)O. The minimum Gasteiger partial charge on any atom is -0.393 e. The molecule has 4 aliphatic carbocycles. The molecule has 5 unspecified atom stereocenters. The Morgan fingerprint density at radius 1 is 0.857 bits per heavy atom. The number of aliphatic hydroxyl groups excluding tert-OH is 1. The van der Waals surface area contributed by atoms with Gasteiger partial charge in [0.05, 0.1) is 12.2 Å². The van der Waals surface area contributed by atoms with E-state index < -0.39 is 16.5 Å². The number of aliphatic hydroxyl groups is 1. The van der Waals surface area contributed by atoms with Gasteiger partial charge >= 0.3 is 10.4 Å². The quantitative estimate of drug-likeness (QED) is 0.137. The lowest BCUT2D eigenvalue weighted by molar-refractivity contribution is -0.167. The van der Waals surface area contributed by atoms with E-state index in [1.165, 1.54) is 116 Å². The molecule has 2 saturated heterocycles. The second kappa shape index (κ2) is 16.0. The first kappa shape index (κ1) is 38.4. The van der Waals surface area contributed by atoms with Gasteiger partial charge in [-0.3, -0.25) is 4.55 Å². The molecule has 0 aromatic heterocycles. The van der Waals surface area contributed by atoms with Crippen LogP contribution in [0.1, 0.15) is 137 Å². The third-order valence-electron chi connectivity index (χ3n) is 15.9. The predicted octanol–water partition coefficient (Wildman–Crippen LogP) is 7.18. The first-order chi connectivity index (χ1) is 23.3. The van der Waals surface area contributed by atoms with E-state index in [0.717, 1.165) is 25.4 Å². The molecule has 9 heteroatoms. The molecular weight excluding hydrogens is 635 g/mol. The van der Waals surface area contributed by atoms with Crippen LogP contribution in [0.5, 0.6) is 0 Å². The maximum Gasteiger partial charge on any atom is 0.397 e. The second-order valence-electron chi connectivity index (χ2n) is 18.8. The summed E-state index contributed by atoms with van der Waals surface area (Å²) in [7, 11) is -4.46. The topological polar surface area (TPSA) is 102 Å². The van der Waals surface area contributed by atoms with E-state index in [2.05, 4.69) is 35.9 Å². The van der Waals surface area contributed by atoms with Crippen LogP contribution in [0.3, 0.4) is 0 Å². The van der Waals surface area contributed by atoms with Crippen LogP contribution in [0.2, 0.25) is 0 Å². The van der Waals surface area contributed by atoms with Crippen molar-refractivity contribution in [1.29, 1.82) is 0 Å². The molecule has 6 rings (SSSR count). The van der Waals surface area contributed by atoms with Gasteiger partial charge in [0.25, 0.3) is 0 Å². The van der Waals surface area contributed by atoms with Gasteiger partial charge in [0.1, 0.15) is 0 Å². The molecule has 6 aliphatic rings. The summed E-state index contributed by atoms with van der Waals surface area (Å²) in [6, 6.07) is 1.43. The van der Waals surface area contributed by atoms with Gasteiger partial charge in [-0.25, -0.2) is 4.18 Å². The Kier molecular flexibility index (Phi) is 12.5. The molecule has 11 atom stereocenters. The summed E-state index contributed by atoms with van der Waals surface area (Å²) >= 11 is 0. The van der Waals surface area contributed by atoms with Crippen molar-refractivity contribution < 1.29 is 22.3 Å². The standard InChI is InChI=1S/C40H73N3O5S/c1-28(2)37(48-49(45,46)47)13-10-29(3)33-11-12-34-38-35(15-19-40(33,34)5)39(4)18-14-31(26-30(39)27-36(38)44)41-20-9-21-42-24-16-32(17-25-42)43-22-7-6-8-23-43/h28-38,41,44H,6-27H2,1-5H3,(H,45,46,47)/t29-,30?,31-,33?,34?,35?,36-,37+,38?,39-,40+/m0/s1. The van der Waals surface area contributed by atoms with E-state index in [4.69, 9.17) is 4.18 Å². The van der Waals surface area contributed by atoms with Gasteiger partial charge in [-0.05, 0) is 188 Å². The molecule has 2 heterocycles. The largest absolute Gasteiger partial charge is 0.397 e. The van der Waals surface area contributed by atoms with Crippen LogP contribution in [-0.2, 0) is 14.6 Å². The normalized spacial score (nSPS) is 40.9. The third kappa shape index (κ3) is 8.59. The zero-order valence-electron chi connectivity index (χ0n) is 31.8. The molecule has 6 fully saturated rings. The number of hydrogen-bond donors (Lipinski definition) is 3. The highest BCUT2D eigenvalue weighted by molar-refractivity contribution is 7.80. The maximum atomic E-state index is 11.9. The minimum atomic E-state index is -4.46. The Morgan fingerprint density at radius 3 is 2.24 bits per heavy atom. The molecule has 4 saturated carbocycles. The van der Waals surface area contributed by atoms with Gasteiger partial charge in [-0.2, -0.15) is 8.42 Å². The lowest BCUT2D eigenvalue weighted by atomic mass is 9.43. The number of fused-ring (bicyclic) bond motifs is 5. The molecule has 284 valence electrons. The van der Waals surface area contributed by atoms with Crippen LogP contribution < -0.4 is 5.32 Å². The Labute approximate surface area is 300 Å². The van der Waals surface area contributed by atoms with Crippen molar-refractivity contribution in [1.82, 2.24) is 15.1 Å². The van der Waals surface area contributed by atoms with Crippen molar-refractivity contribution in [3.05, 3.63) is 0 Å². The maximum absolute atomic E-state index is 11.9. The fraction of sp³-hybridized carbons (Fsp3) is 1.00. The fourth-order valence-corrected chi connectivity index (χ4v) is 13.7. The molecule has 2 aliphatic heterocycles. The number of likely N-dealkylation sites (tertiary alicyclic amines) is 2. The summed E-state index contributed by atoms with van der Waals surface area (Å²) < 4.78 is 37.3. The van der Waals surface area contributed by atoms with E-state index in [1.54, 1.807) is 0 Å². The van der Waals surface area contributed by atoms with Crippen LogP contribution in [0.15, 0.2) is 0 Å². The zero-order chi connectivity index (χ0) is 35.0. The third-order valence-corrected chi connectivity index (χ3v) is 16.4. The van der Waals surface area contributed by atoms with Gasteiger partial charge < -0.3 is 20.2 Å². The smallest absolute Gasteiger partial charge is 0.393 e. The van der Waals surface area contributed by atoms with Crippen molar-refractivity contribution in [2.24, 2.45) is 52.3 Å². The number of piperidine rings is 2. The molecule has 49 heavy (non-hydrogen) atoms. The lowest BCUT2D eigenvalue weighted by Crippen LogP contribution is -2.59. The summed E-state index contributed by atoms with van der Waals surface area (Å²) in [5, 5.41) is 15.9. The first-order valence-electron chi connectivity index (χ1n) is 20.8. The molecule has 0 spiro atoms. The van der Waals surface area contributed by atoms with Crippen molar-refractivity contribution in [3.63, 3.8) is 0 Å². The van der Waals surface area contributed by atoms with Crippen LogP contribution in [0.25, 0.3) is 0 Å². The summed E-state index contributed by atoms with van der Waals surface area (Å²) in [6.07, 6.45) is 18.7. The number of nitrogens with one attached hydrogen (secondary N) is 1. The van der Waals surface area contributed by atoms with E-state index in [0.29, 0.717) is 53.4 Å². The Bertz CT molecular complexity index is 1170. The summed E-state index contributed by atoms with van der Waals surface area (Å²) in [5.41, 5.74) is 0.562. The molecule has 0 aromatic rings. The molecule has 0 radical (unpaired) electrons. The summed E-state index contributed by atoms with van der Waals surface area (Å²) in [4.78, 5) is 5.49. The number of hydrogen-bond acceptors (Lipinski definition) is 7. The number of nitrogens with zero attached hydrogens (tertiary/aromatic N) is 2. The highest BCUT2D eigenvalue weighted by Crippen LogP contribution is 2.68. The lowest BCUT2D eigenvalue weighted by Gasteiger charge is -2.62. The van der Waals surface area contributed by atoms with Crippen molar-refractivity contribution in [2.45, 2.75) is 162 Å². The second-order valence-corrected chi connectivity index (χ2v) is 19.9. The molecule has 0 aromatic carbocycles. The molecule has 3 N–H and O–H groups in total. The van der Waals surface area contributed by atoms with E-state index in [-0.39, 0.29) is 17.4 Å². The Balaban J connectivity index is 0.968. The summed E-state index contributed by atoms with van der Waals surface area (Å²) in [6.45, 7) is 18.9. The van der Waals surface area contributed by atoms with Crippen LogP contribution in [0, 0.1) is 52.3 Å². The molecule has 8 nitrogen and oxygen atoms in total. The molecule has 0 bridgehead atoms. The Hall–Kier alpha value is -0.290. The van der Waals surface area contributed by atoms with Gasteiger partial charge in [-0.1, -0.05) is 41.0 Å². The monoisotopic (exact) mass is 708 g/mol. The van der Waals surface area contributed by atoms with Crippen molar-refractivity contribution in [2.75, 3.05) is 39.3 Å². The molecular formula is C40H73N3O5S. The minimum absolute atomic E-state index is 0.0185. The molecule has 0 amide bonds. The highest BCUT2D eigenvalue weighted by Gasteiger charge is 2.62. The zero-order valence-corrected chi connectivity index (χ0v) is 32.6. The van der Waals surface area contributed by atoms with Gasteiger partial charge in [-0.15, -0.1) is 0 Å². The fourth-order valence-electron chi connectivity index (χ4n) is 13.1. The number of rotatable bonds is 13. The average Bonchev–Trinajstić information content (AvgIpc) is 3.42. The van der Waals surface area contributed by atoms with Gasteiger partial charge in [0, 0.05) is 12.1 Å². The first-order valence-corrected chi connectivity index (χ1v) is 22.2. The Morgan fingerprint density at radius 2 is 1.55 bits per heavy atom. The van der Waals surface area contributed by atoms with Gasteiger partial charge in [0.15, 0.2) is 0 Å².